The first kappa shape index (κ1) is 12.9. The zero-order valence-electron chi connectivity index (χ0n) is 10.3. The summed E-state index contributed by atoms with van der Waals surface area (Å²) >= 11 is 0. The quantitative estimate of drug-likeness (QED) is 0.585. The van der Waals surface area contributed by atoms with Crippen molar-refractivity contribution in [3.63, 3.8) is 0 Å². The van der Waals surface area contributed by atoms with Gasteiger partial charge in [0.25, 0.3) is 0 Å². The van der Waals surface area contributed by atoms with Crippen LogP contribution < -0.4 is 11.5 Å². The molecule has 1 atom stereocenters. The average Bonchev–Trinajstić information content (AvgIpc) is 2.73. The second kappa shape index (κ2) is 4.98. The minimum absolute atomic E-state index is 0.247. The number of nitriles is 1. The zero-order valence-corrected chi connectivity index (χ0v) is 10.3. The highest BCUT2D eigenvalue weighted by Crippen LogP contribution is 2.21. The number of carbonyl (C=O) groups is 2. The molecule has 0 unspecified atom stereocenters. The van der Waals surface area contributed by atoms with Crippen LogP contribution in [0, 0.1) is 17.2 Å². The van der Waals surface area contributed by atoms with E-state index in [0.717, 1.165) is 5.56 Å². The number of benzene rings is 1. The Morgan fingerprint density at radius 2 is 2.26 bits per heavy atom. The first-order valence-electron chi connectivity index (χ1n) is 5.89. The van der Waals surface area contributed by atoms with E-state index in [9.17, 15) is 9.59 Å². The molecule has 19 heavy (non-hydrogen) atoms. The van der Waals surface area contributed by atoms with Crippen molar-refractivity contribution in [1.29, 1.82) is 5.26 Å². The van der Waals surface area contributed by atoms with Gasteiger partial charge in [-0.3, -0.25) is 9.59 Å². The van der Waals surface area contributed by atoms with Gasteiger partial charge in [-0.1, -0.05) is 6.07 Å². The summed E-state index contributed by atoms with van der Waals surface area (Å²) in [4.78, 5) is 24.5. The third-order valence-electron chi connectivity index (χ3n) is 3.25. The minimum atomic E-state index is -0.718. The van der Waals surface area contributed by atoms with E-state index in [0.29, 0.717) is 30.8 Å². The largest absolute Gasteiger partial charge is 0.398 e. The van der Waals surface area contributed by atoms with Crippen molar-refractivity contribution >= 4 is 17.5 Å². The van der Waals surface area contributed by atoms with Crippen molar-refractivity contribution in [3.05, 3.63) is 29.3 Å². The van der Waals surface area contributed by atoms with Crippen LogP contribution in [0.3, 0.4) is 0 Å². The van der Waals surface area contributed by atoms with Gasteiger partial charge >= 0.3 is 0 Å². The monoisotopic (exact) mass is 258 g/mol. The Balaban J connectivity index is 2.13. The number of rotatable bonds is 3. The summed E-state index contributed by atoms with van der Waals surface area (Å²) in [7, 11) is 0. The highest BCUT2D eigenvalue weighted by molar-refractivity contribution is 6.00. The van der Waals surface area contributed by atoms with Crippen molar-refractivity contribution in [1.82, 2.24) is 4.90 Å². The summed E-state index contributed by atoms with van der Waals surface area (Å²) in [6.45, 7) is 0.857. The summed E-state index contributed by atoms with van der Waals surface area (Å²) in [5.74, 6) is -1.55. The van der Waals surface area contributed by atoms with Crippen molar-refractivity contribution in [2.45, 2.75) is 13.0 Å². The van der Waals surface area contributed by atoms with Gasteiger partial charge in [-0.05, 0) is 24.1 Å². The molecule has 0 bridgehead atoms. The van der Waals surface area contributed by atoms with Gasteiger partial charge in [0.15, 0.2) is 0 Å². The van der Waals surface area contributed by atoms with E-state index in [1.807, 2.05) is 6.07 Å². The van der Waals surface area contributed by atoms with E-state index in [2.05, 4.69) is 0 Å². The van der Waals surface area contributed by atoms with Gasteiger partial charge in [0, 0.05) is 18.8 Å². The van der Waals surface area contributed by atoms with E-state index in [4.69, 9.17) is 16.7 Å². The molecule has 1 aromatic carbocycles. The van der Waals surface area contributed by atoms with E-state index >= 15 is 0 Å². The third kappa shape index (κ3) is 2.50. The van der Waals surface area contributed by atoms with E-state index in [1.165, 1.54) is 0 Å². The predicted octanol–water partition coefficient (Wildman–Crippen LogP) is -0.0257. The van der Waals surface area contributed by atoms with Crippen molar-refractivity contribution in [3.8, 4) is 6.07 Å². The summed E-state index contributed by atoms with van der Waals surface area (Å²) in [5, 5.41) is 8.90. The van der Waals surface area contributed by atoms with Crippen LogP contribution in [-0.4, -0.2) is 23.3 Å². The minimum Gasteiger partial charge on any atom is -0.398 e. The van der Waals surface area contributed by atoms with Crippen LogP contribution >= 0.6 is 0 Å². The van der Waals surface area contributed by atoms with Crippen LogP contribution in [0.15, 0.2) is 18.2 Å². The number of hydrogen-bond donors (Lipinski definition) is 2. The molecule has 98 valence electrons. The Kier molecular flexibility index (Phi) is 3.38. The molecule has 1 aliphatic heterocycles. The summed E-state index contributed by atoms with van der Waals surface area (Å²) < 4.78 is 0. The summed E-state index contributed by atoms with van der Waals surface area (Å²) in [5.41, 5.74) is 12.4. The van der Waals surface area contributed by atoms with Gasteiger partial charge < -0.3 is 16.4 Å². The average molecular weight is 258 g/mol. The van der Waals surface area contributed by atoms with E-state index in [1.54, 1.807) is 23.1 Å². The smallest absolute Gasteiger partial charge is 0.235 e. The fourth-order valence-electron chi connectivity index (χ4n) is 2.18. The fraction of sp³-hybridized carbons (Fsp3) is 0.308. The number of nitrogens with two attached hydrogens (primary N) is 2. The molecule has 1 fully saturated rings. The molecule has 0 saturated carbocycles. The number of hydrogen-bond acceptors (Lipinski definition) is 4. The second-order valence-corrected chi connectivity index (χ2v) is 4.54. The molecular formula is C13H14N4O2. The normalized spacial score (nSPS) is 18.4. The number of nitrogens with zero attached hydrogens (tertiary/aromatic N) is 2. The van der Waals surface area contributed by atoms with Crippen LogP contribution in [0.1, 0.15) is 17.5 Å². The predicted molar refractivity (Wildman–Crippen MR) is 68.3 cm³/mol. The Morgan fingerprint density at radius 1 is 1.53 bits per heavy atom. The first-order chi connectivity index (χ1) is 9.02. The van der Waals surface area contributed by atoms with Crippen LogP contribution in [0.4, 0.5) is 5.69 Å². The van der Waals surface area contributed by atoms with Gasteiger partial charge in [-0.2, -0.15) is 5.26 Å². The molecular weight excluding hydrogens is 244 g/mol. The summed E-state index contributed by atoms with van der Waals surface area (Å²) in [6.07, 6.45) is 0.453. The Bertz CT molecular complexity index is 576. The lowest BCUT2D eigenvalue weighted by molar-refractivity contribution is -0.136. The maximum Gasteiger partial charge on any atom is 0.235 e. The van der Waals surface area contributed by atoms with Crippen molar-refractivity contribution in [2.24, 2.45) is 11.7 Å². The summed E-state index contributed by atoms with van der Waals surface area (Å²) in [6, 6.07) is 7.05. The molecule has 0 aromatic heterocycles. The molecule has 1 heterocycles. The molecule has 2 rings (SSSR count). The maximum atomic E-state index is 11.9. The van der Waals surface area contributed by atoms with Gasteiger partial charge in [-0.25, -0.2) is 0 Å². The third-order valence-corrected chi connectivity index (χ3v) is 3.25. The highest BCUT2D eigenvalue weighted by atomic mass is 16.2. The Hall–Kier alpha value is -2.55. The highest BCUT2D eigenvalue weighted by Gasteiger charge is 2.35. The van der Waals surface area contributed by atoms with Gasteiger partial charge in [0.1, 0.15) is 12.0 Å². The number of nitrogen functional groups attached to an aromatic ring is 1. The molecule has 2 amide bonds. The van der Waals surface area contributed by atoms with Crippen LogP contribution in [0.25, 0.3) is 0 Å². The zero-order chi connectivity index (χ0) is 14.0. The number of likely N-dealkylation sites (tertiary alicyclic amines) is 1. The molecule has 1 aromatic rings. The molecule has 1 saturated heterocycles. The van der Waals surface area contributed by atoms with Crippen LogP contribution in [0.2, 0.25) is 0 Å². The second-order valence-electron chi connectivity index (χ2n) is 4.54. The Labute approximate surface area is 110 Å². The number of primary amides is 1. The Morgan fingerprint density at radius 3 is 2.84 bits per heavy atom. The van der Waals surface area contributed by atoms with Gasteiger partial charge in [0.05, 0.1) is 5.56 Å². The lowest BCUT2D eigenvalue weighted by atomic mass is 10.1. The fourth-order valence-corrected chi connectivity index (χ4v) is 2.18. The molecule has 0 aliphatic carbocycles. The standard InChI is InChI=1S/C13H14N4O2/c14-6-9-5-8(1-2-11(9)15)7-17-4-3-10(12(16)18)13(17)19/h1-2,5,10H,3-4,7,15H2,(H2,16,18)/t10-/m0/s1. The number of anilines is 1. The van der Waals surface area contributed by atoms with Crippen LogP contribution in [-0.2, 0) is 16.1 Å². The molecule has 1 aliphatic rings. The molecule has 0 radical (unpaired) electrons. The number of carbonyl (C=O) groups excluding carboxylic acids is 2. The van der Waals surface area contributed by atoms with Gasteiger partial charge in [-0.15, -0.1) is 0 Å². The molecule has 6 heteroatoms. The molecule has 0 spiro atoms. The topological polar surface area (TPSA) is 113 Å². The molecule has 6 nitrogen and oxygen atoms in total. The maximum absolute atomic E-state index is 11.9. The first-order valence-corrected chi connectivity index (χ1v) is 5.89. The van der Waals surface area contributed by atoms with E-state index in [-0.39, 0.29) is 5.91 Å². The lowest BCUT2D eigenvalue weighted by Crippen LogP contribution is -2.33. The van der Waals surface area contributed by atoms with Gasteiger partial charge in [0.2, 0.25) is 11.8 Å². The lowest BCUT2D eigenvalue weighted by Gasteiger charge is -2.16. The number of amides is 2. The van der Waals surface area contributed by atoms with Crippen LogP contribution in [0.5, 0.6) is 0 Å². The van der Waals surface area contributed by atoms with Crippen molar-refractivity contribution < 1.29 is 9.59 Å². The van der Waals surface area contributed by atoms with Crippen molar-refractivity contribution in [2.75, 3.05) is 12.3 Å². The molecule has 4 N–H and O–H groups in total. The van der Waals surface area contributed by atoms with E-state index < -0.39 is 11.8 Å². The SMILES string of the molecule is N#Cc1cc(CN2CC[C@@H](C(N)=O)C2=O)ccc1N.